The Morgan fingerprint density at radius 3 is 2.80 bits per heavy atom. The highest BCUT2D eigenvalue weighted by Crippen LogP contribution is 2.34. The number of likely N-dealkylation sites (tertiary alicyclic amines) is 1. The van der Waals surface area contributed by atoms with E-state index in [1.807, 2.05) is 6.07 Å². The number of piperidine rings is 1. The van der Waals surface area contributed by atoms with Gasteiger partial charge in [-0.2, -0.15) is 0 Å². The van der Waals surface area contributed by atoms with E-state index in [-0.39, 0.29) is 25.4 Å². The number of hydrogen-bond acceptors (Lipinski definition) is 4. The molecule has 1 unspecified atom stereocenters. The van der Waals surface area contributed by atoms with Crippen molar-refractivity contribution in [3.63, 3.8) is 0 Å². The van der Waals surface area contributed by atoms with E-state index in [1.54, 1.807) is 30.3 Å². The van der Waals surface area contributed by atoms with Crippen LogP contribution < -0.4 is 10.1 Å². The lowest BCUT2D eigenvalue weighted by Gasteiger charge is -2.39. The predicted octanol–water partition coefficient (Wildman–Crippen LogP) is 4.88. The molecule has 1 N–H and O–H groups in total. The van der Waals surface area contributed by atoms with E-state index in [9.17, 15) is 13.6 Å². The van der Waals surface area contributed by atoms with Crippen LogP contribution in [0.5, 0.6) is 5.75 Å². The molecule has 2 aliphatic rings. The van der Waals surface area contributed by atoms with Crippen molar-refractivity contribution in [2.75, 3.05) is 25.0 Å². The molecule has 1 aromatic carbocycles. The molecule has 1 aliphatic heterocycles. The van der Waals surface area contributed by atoms with Gasteiger partial charge in [0.25, 0.3) is 11.8 Å². The van der Waals surface area contributed by atoms with E-state index in [2.05, 4.69) is 10.3 Å². The van der Waals surface area contributed by atoms with Crippen LogP contribution in [0.2, 0.25) is 5.02 Å². The molecule has 0 bridgehead atoms. The van der Waals surface area contributed by atoms with Gasteiger partial charge in [-0.05, 0) is 43.0 Å². The molecule has 160 valence electrons. The molecule has 5 nitrogen and oxygen atoms in total. The number of carbonyl (C=O) groups is 1. The van der Waals surface area contributed by atoms with Gasteiger partial charge in [-0.1, -0.05) is 23.7 Å². The van der Waals surface area contributed by atoms with Gasteiger partial charge in [0.15, 0.2) is 0 Å². The van der Waals surface area contributed by atoms with Crippen LogP contribution in [-0.4, -0.2) is 47.5 Å². The Labute approximate surface area is 179 Å². The number of hydrogen-bond donors (Lipinski definition) is 1. The molecule has 0 radical (unpaired) electrons. The van der Waals surface area contributed by atoms with Crippen LogP contribution in [0.15, 0.2) is 42.6 Å². The lowest BCUT2D eigenvalue weighted by atomic mass is 9.97. The smallest absolute Gasteiger partial charge is 0.257 e. The first kappa shape index (κ1) is 20.8. The quantitative estimate of drug-likeness (QED) is 0.673. The van der Waals surface area contributed by atoms with Crippen LogP contribution in [0.4, 0.5) is 14.6 Å². The number of pyridine rings is 1. The van der Waals surface area contributed by atoms with Crippen molar-refractivity contribution in [3.05, 3.63) is 53.2 Å². The number of halogens is 3. The molecule has 1 saturated carbocycles. The molecule has 1 aliphatic carbocycles. The van der Waals surface area contributed by atoms with Gasteiger partial charge in [0, 0.05) is 32.1 Å². The summed E-state index contributed by atoms with van der Waals surface area (Å²) in [6, 6.07) is 9.71. The fourth-order valence-corrected chi connectivity index (χ4v) is 3.70. The van der Waals surface area contributed by atoms with Crippen molar-refractivity contribution >= 4 is 23.3 Å². The molecular weight excluding hydrogens is 412 g/mol. The second-order valence-electron chi connectivity index (χ2n) is 7.96. The van der Waals surface area contributed by atoms with Gasteiger partial charge in [0.05, 0.1) is 23.2 Å². The number of rotatable bonds is 7. The van der Waals surface area contributed by atoms with Gasteiger partial charge in [0.1, 0.15) is 11.6 Å². The van der Waals surface area contributed by atoms with E-state index >= 15 is 0 Å². The summed E-state index contributed by atoms with van der Waals surface area (Å²) in [5.41, 5.74) is 0.415. The molecule has 1 amide bonds. The molecule has 2 heterocycles. The number of benzene rings is 1. The standard InChI is InChI=1S/C22H24ClF2N3O2/c23-16-7-8-20(26-12-16)27-13-17-11-22(24,25)9-10-28(17)21(29)18-3-1-2-4-19(18)30-14-15-5-6-15/h1-4,7-8,12,15,17H,5-6,9-11,13-14H2,(H,26,27). The topological polar surface area (TPSA) is 54.5 Å². The largest absolute Gasteiger partial charge is 0.492 e. The van der Waals surface area contributed by atoms with Crippen molar-refractivity contribution in [3.8, 4) is 5.75 Å². The Balaban J connectivity index is 1.49. The van der Waals surface area contributed by atoms with Crippen LogP contribution in [0.1, 0.15) is 36.0 Å². The number of amides is 1. The molecule has 1 saturated heterocycles. The van der Waals surface area contributed by atoms with Gasteiger partial charge in [-0.3, -0.25) is 4.79 Å². The molecule has 1 aromatic heterocycles. The summed E-state index contributed by atoms with van der Waals surface area (Å²) in [7, 11) is 0. The molecular formula is C22H24ClF2N3O2. The number of anilines is 1. The summed E-state index contributed by atoms with van der Waals surface area (Å²) >= 11 is 5.84. The van der Waals surface area contributed by atoms with Crippen molar-refractivity contribution in [1.82, 2.24) is 9.88 Å². The van der Waals surface area contributed by atoms with Crippen LogP contribution in [-0.2, 0) is 0 Å². The minimum atomic E-state index is -2.81. The van der Waals surface area contributed by atoms with Gasteiger partial charge < -0.3 is 15.0 Å². The second kappa shape index (κ2) is 8.76. The number of nitrogens with zero attached hydrogens (tertiary/aromatic N) is 2. The summed E-state index contributed by atoms with van der Waals surface area (Å²) in [4.78, 5) is 19.0. The molecule has 8 heteroatoms. The minimum absolute atomic E-state index is 0.0107. The maximum atomic E-state index is 14.1. The number of aromatic nitrogens is 1. The Kier molecular flexibility index (Phi) is 6.09. The Hall–Kier alpha value is -2.41. The fourth-order valence-electron chi connectivity index (χ4n) is 3.59. The van der Waals surface area contributed by atoms with Gasteiger partial charge >= 0.3 is 0 Å². The lowest BCUT2D eigenvalue weighted by molar-refractivity contribution is -0.0674. The van der Waals surface area contributed by atoms with E-state index in [0.717, 1.165) is 12.8 Å². The van der Waals surface area contributed by atoms with E-state index in [4.69, 9.17) is 16.3 Å². The van der Waals surface area contributed by atoms with Crippen molar-refractivity contribution in [2.24, 2.45) is 5.92 Å². The first-order valence-electron chi connectivity index (χ1n) is 10.2. The number of nitrogens with one attached hydrogen (secondary N) is 1. The Morgan fingerprint density at radius 2 is 2.07 bits per heavy atom. The lowest BCUT2D eigenvalue weighted by Crippen LogP contribution is -2.52. The molecule has 1 atom stereocenters. The maximum Gasteiger partial charge on any atom is 0.257 e. The monoisotopic (exact) mass is 435 g/mol. The first-order valence-corrected chi connectivity index (χ1v) is 10.6. The normalized spacial score (nSPS) is 20.6. The van der Waals surface area contributed by atoms with Crippen molar-refractivity contribution in [1.29, 1.82) is 0 Å². The summed E-state index contributed by atoms with van der Waals surface area (Å²) < 4.78 is 34.1. The van der Waals surface area contributed by atoms with Gasteiger partial charge in [-0.15, -0.1) is 0 Å². The Bertz CT molecular complexity index is 890. The van der Waals surface area contributed by atoms with Crippen molar-refractivity contribution in [2.45, 2.75) is 37.6 Å². The average Bonchev–Trinajstić information content (AvgIpc) is 3.56. The summed E-state index contributed by atoms with van der Waals surface area (Å²) in [6.07, 6.45) is 3.02. The van der Waals surface area contributed by atoms with Gasteiger partial charge in [-0.25, -0.2) is 13.8 Å². The van der Waals surface area contributed by atoms with Crippen LogP contribution >= 0.6 is 11.6 Å². The molecule has 2 aromatic rings. The molecule has 4 rings (SSSR count). The zero-order chi connectivity index (χ0) is 21.1. The molecule has 2 fully saturated rings. The molecule has 0 spiro atoms. The van der Waals surface area contributed by atoms with Crippen LogP contribution in [0.25, 0.3) is 0 Å². The maximum absolute atomic E-state index is 14.1. The highest BCUT2D eigenvalue weighted by molar-refractivity contribution is 6.30. The third-order valence-electron chi connectivity index (χ3n) is 5.49. The van der Waals surface area contributed by atoms with Gasteiger partial charge in [0.2, 0.25) is 0 Å². The third-order valence-corrected chi connectivity index (χ3v) is 5.71. The predicted molar refractivity (Wildman–Crippen MR) is 111 cm³/mol. The fraction of sp³-hybridized carbons (Fsp3) is 0.455. The SMILES string of the molecule is O=C(c1ccccc1OCC1CC1)N1CCC(F)(F)CC1CNc1ccc(Cl)cn1. The number of alkyl halides is 2. The zero-order valence-corrected chi connectivity index (χ0v) is 17.2. The summed E-state index contributed by atoms with van der Waals surface area (Å²) in [6.45, 7) is 0.736. The zero-order valence-electron chi connectivity index (χ0n) is 16.5. The summed E-state index contributed by atoms with van der Waals surface area (Å²) in [5, 5.41) is 3.54. The van der Waals surface area contributed by atoms with Crippen LogP contribution in [0.3, 0.4) is 0 Å². The van der Waals surface area contributed by atoms with Crippen LogP contribution in [0, 0.1) is 5.92 Å². The number of ether oxygens (including phenoxy) is 1. The van der Waals surface area contributed by atoms with E-state index in [1.165, 1.54) is 11.1 Å². The Morgan fingerprint density at radius 1 is 1.27 bits per heavy atom. The summed E-state index contributed by atoms with van der Waals surface area (Å²) in [5.74, 6) is -1.51. The highest BCUT2D eigenvalue weighted by atomic mass is 35.5. The van der Waals surface area contributed by atoms with Crippen molar-refractivity contribution < 1.29 is 18.3 Å². The third kappa shape index (κ3) is 5.19. The van der Waals surface area contributed by atoms with E-state index < -0.39 is 18.4 Å². The minimum Gasteiger partial charge on any atom is -0.492 e. The number of carbonyl (C=O) groups excluding carboxylic acids is 1. The second-order valence-corrected chi connectivity index (χ2v) is 8.39. The number of para-hydroxylation sites is 1. The first-order chi connectivity index (χ1) is 14.4. The van der Waals surface area contributed by atoms with E-state index in [0.29, 0.717) is 34.7 Å². The highest BCUT2D eigenvalue weighted by Gasteiger charge is 2.42. The molecule has 30 heavy (non-hydrogen) atoms. The average molecular weight is 436 g/mol.